The van der Waals surface area contributed by atoms with Gasteiger partial charge in [0, 0.05) is 43.9 Å². The maximum Gasteiger partial charge on any atom is 0.416 e. The molecule has 4 amide bonds. The lowest BCUT2D eigenvalue weighted by Gasteiger charge is -2.28. The van der Waals surface area contributed by atoms with Gasteiger partial charge in [-0.15, -0.1) is 0 Å². The number of hydrogen-bond donors (Lipinski definition) is 5. The summed E-state index contributed by atoms with van der Waals surface area (Å²) in [6.07, 6.45) is -3.04. The van der Waals surface area contributed by atoms with E-state index >= 15 is 0 Å². The zero-order chi connectivity index (χ0) is 38.6. The fraction of sp³-hybridized carbons (Fsp3) is 0.676. The Balaban J connectivity index is 3.20. The Hall–Kier alpha value is -3.81. The number of ketones is 2. The van der Waals surface area contributed by atoms with Gasteiger partial charge in [-0.3, -0.25) is 28.8 Å². The van der Waals surface area contributed by atoms with Gasteiger partial charge < -0.3 is 27.2 Å². The molecule has 0 fully saturated rings. The first-order valence-electron chi connectivity index (χ1n) is 18.0. The van der Waals surface area contributed by atoms with Gasteiger partial charge >= 0.3 is 6.18 Å². The molecule has 1 rings (SSSR count). The number of rotatable bonds is 27. The van der Waals surface area contributed by atoms with Crippen LogP contribution in [-0.2, 0) is 35.2 Å². The van der Waals surface area contributed by atoms with Crippen LogP contribution >= 0.6 is 0 Å². The summed E-state index contributed by atoms with van der Waals surface area (Å²) in [5.74, 6) is -6.44. The summed E-state index contributed by atoms with van der Waals surface area (Å²) in [5, 5.41) is 14.7. The second-order valence-corrected chi connectivity index (χ2v) is 13.7. The van der Waals surface area contributed by atoms with Crippen LogP contribution in [0.4, 0.5) is 13.2 Å². The topological polar surface area (TPSA) is 199 Å². The number of nitrogens with two attached hydrogens (primary N) is 2. The van der Waals surface area contributed by atoms with Crippen molar-refractivity contribution in [1.29, 1.82) is 0 Å². The Morgan fingerprint density at radius 1 is 0.765 bits per heavy atom. The van der Waals surface area contributed by atoms with Crippen molar-refractivity contribution < 1.29 is 47.0 Å². The van der Waals surface area contributed by atoms with Gasteiger partial charge in [-0.1, -0.05) is 89.6 Å². The zero-order valence-electron chi connectivity index (χ0n) is 30.1. The van der Waals surface area contributed by atoms with Gasteiger partial charge in [0.05, 0.1) is 12.1 Å². The third-order valence-corrected chi connectivity index (χ3v) is 8.94. The predicted octanol–water partition coefficient (Wildman–Crippen LogP) is 4.60. The molecule has 1 aromatic carbocycles. The Labute approximate surface area is 299 Å². The number of benzene rings is 1. The van der Waals surface area contributed by atoms with E-state index in [1.54, 1.807) is 44.2 Å². The number of halogens is 3. The number of hydrogen-bond acceptors (Lipinski definition) is 7. The lowest BCUT2D eigenvalue weighted by Crippen LogP contribution is -2.52. The summed E-state index contributed by atoms with van der Waals surface area (Å²) in [4.78, 5) is 76.6. The standard InChI is InChI=1S/C37H57F3N4O7/c1-4-5-6-7-8-9-13-16-27(45)23-28(24(2)3)36(51)44-30(21-25-14-11-10-12-15-25)31(46)22-26(17-19-32(41)47)35(50)43-29(18-20-33(42)48)34(49)37(38,39)40/h10-12,14-15,24,26,28-30,34,49H,4-9,13,16-23H2,1-3H3,(H2,41,47)(H2,42,48)(H,43,50)(H,44,51)/t26-,28+,29?,30+,34?/m1/s1. The van der Waals surface area contributed by atoms with Crippen LogP contribution in [0.3, 0.4) is 0 Å². The highest BCUT2D eigenvalue weighted by molar-refractivity contribution is 5.94. The lowest BCUT2D eigenvalue weighted by atomic mass is 9.87. The number of Topliss-reactive ketones (excluding diaryl/α,β-unsaturated/α-hetero) is 2. The lowest BCUT2D eigenvalue weighted by molar-refractivity contribution is -0.213. The van der Waals surface area contributed by atoms with Gasteiger partial charge in [0.15, 0.2) is 11.9 Å². The van der Waals surface area contributed by atoms with Crippen LogP contribution in [0.1, 0.15) is 116 Å². The molecule has 14 heteroatoms. The van der Waals surface area contributed by atoms with Gasteiger partial charge in [-0.2, -0.15) is 13.2 Å². The molecule has 0 heterocycles. The van der Waals surface area contributed by atoms with Crippen molar-refractivity contribution in [2.75, 3.05) is 0 Å². The molecule has 7 N–H and O–H groups in total. The van der Waals surface area contributed by atoms with E-state index in [1.165, 1.54) is 6.42 Å². The van der Waals surface area contributed by atoms with Crippen LogP contribution in [0.5, 0.6) is 0 Å². The molecule has 0 aliphatic heterocycles. The molecule has 5 atom stereocenters. The maximum absolute atomic E-state index is 13.9. The van der Waals surface area contributed by atoms with Crippen LogP contribution < -0.4 is 22.1 Å². The van der Waals surface area contributed by atoms with Crippen molar-refractivity contribution in [1.82, 2.24) is 10.6 Å². The van der Waals surface area contributed by atoms with Gasteiger partial charge in [-0.25, -0.2) is 0 Å². The number of carbonyl (C=O) groups excluding carboxylic acids is 6. The first kappa shape index (κ1) is 45.2. The van der Waals surface area contributed by atoms with Gasteiger partial charge in [0.2, 0.25) is 23.6 Å². The SMILES string of the molecule is CCCCCCCCCC(=O)C[C@H](C(=O)N[C@@H](Cc1ccccc1)C(=O)C[C@@H](CCC(N)=O)C(=O)NC(CCC(N)=O)C(O)C(F)(F)F)C(C)C. The minimum Gasteiger partial charge on any atom is -0.382 e. The van der Waals surface area contributed by atoms with Crippen molar-refractivity contribution in [2.24, 2.45) is 29.2 Å². The van der Waals surface area contributed by atoms with E-state index in [4.69, 9.17) is 11.5 Å². The molecular formula is C37H57F3N4O7. The minimum absolute atomic E-state index is 0.0105. The molecule has 0 aromatic heterocycles. The summed E-state index contributed by atoms with van der Waals surface area (Å²) < 4.78 is 40.2. The average Bonchev–Trinajstić information content (AvgIpc) is 3.05. The number of alkyl halides is 3. The van der Waals surface area contributed by atoms with Gasteiger partial charge in [-0.05, 0) is 37.2 Å². The van der Waals surface area contributed by atoms with E-state index in [0.717, 1.165) is 38.5 Å². The van der Waals surface area contributed by atoms with Crippen LogP contribution in [0.15, 0.2) is 30.3 Å². The molecule has 0 aliphatic rings. The molecule has 0 saturated carbocycles. The minimum atomic E-state index is -5.15. The highest BCUT2D eigenvalue weighted by Gasteiger charge is 2.44. The summed E-state index contributed by atoms with van der Waals surface area (Å²) in [5.41, 5.74) is 11.0. The van der Waals surface area contributed by atoms with Gasteiger partial charge in [0.1, 0.15) is 5.78 Å². The molecule has 11 nitrogen and oxygen atoms in total. The summed E-state index contributed by atoms with van der Waals surface area (Å²) in [6, 6.07) is 5.54. The van der Waals surface area contributed by atoms with Gasteiger partial charge in [0.25, 0.3) is 0 Å². The van der Waals surface area contributed by atoms with Crippen LogP contribution in [0.25, 0.3) is 0 Å². The van der Waals surface area contributed by atoms with E-state index < -0.39 is 84.9 Å². The van der Waals surface area contributed by atoms with Crippen molar-refractivity contribution in [3.8, 4) is 0 Å². The summed E-state index contributed by atoms with van der Waals surface area (Å²) in [7, 11) is 0. The number of carbonyl (C=O) groups is 6. The molecule has 0 saturated heterocycles. The summed E-state index contributed by atoms with van der Waals surface area (Å²) >= 11 is 0. The Morgan fingerprint density at radius 3 is 1.88 bits per heavy atom. The van der Waals surface area contributed by atoms with Crippen molar-refractivity contribution >= 4 is 35.2 Å². The average molecular weight is 727 g/mol. The van der Waals surface area contributed by atoms with E-state index in [-0.39, 0.29) is 37.4 Å². The molecule has 2 unspecified atom stereocenters. The first-order valence-corrected chi connectivity index (χ1v) is 18.0. The third-order valence-electron chi connectivity index (χ3n) is 8.94. The summed E-state index contributed by atoms with van der Waals surface area (Å²) in [6.45, 7) is 5.74. The third kappa shape index (κ3) is 18.8. The maximum atomic E-state index is 13.9. The fourth-order valence-corrected chi connectivity index (χ4v) is 5.79. The molecule has 288 valence electrons. The Kier molecular flexibility index (Phi) is 20.9. The first-order chi connectivity index (χ1) is 24.0. The number of amides is 4. The number of unbranched alkanes of at least 4 members (excludes halogenated alkanes) is 6. The van der Waals surface area contributed by atoms with Crippen LogP contribution in [-0.4, -0.2) is 64.7 Å². The second kappa shape index (κ2) is 23.6. The number of nitrogens with one attached hydrogen (secondary N) is 2. The monoisotopic (exact) mass is 726 g/mol. The normalized spacial score (nSPS) is 14.6. The highest BCUT2D eigenvalue weighted by Crippen LogP contribution is 2.26. The van der Waals surface area contributed by atoms with Crippen molar-refractivity contribution in [3.63, 3.8) is 0 Å². The highest BCUT2D eigenvalue weighted by atomic mass is 19.4. The quantitative estimate of drug-likeness (QED) is 0.0816. The van der Waals surface area contributed by atoms with E-state index in [9.17, 15) is 47.0 Å². The molecule has 0 bridgehead atoms. The van der Waals surface area contributed by atoms with E-state index in [0.29, 0.717) is 12.0 Å². The number of aliphatic hydroxyl groups excluding tert-OH is 1. The number of primary amides is 2. The zero-order valence-corrected chi connectivity index (χ0v) is 30.1. The van der Waals surface area contributed by atoms with Crippen LogP contribution in [0.2, 0.25) is 0 Å². The molecule has 0 aliphatic carbocycles. The second-order valence-electron chi connectivity index (χ2n) is 13.7. The molecule has 51 heavy (non-hydrogen) atoms. The van der Waals surface area contributed by atoms with Crippen molar-refractivity contribution in [3.05, 3.63) is 35.9 Å². The van der Waals surface area contributed by atoms with Crippen LogP contribution in [0, 0.1) is 17.8 Å². The molecule has 0 radical (unpaired) electrons. The van der Waals surface area contributed by atoms with Crippen molar-refractivity contribution in [2.45, 2.75) is 141 Å². The molecule has 1 aromatic rings. The smallest absolute Gasteiger partial charge is 0.382 e. The van der Waals surface area contributed by atoms with E-state index in [1.807, 2.05) is 0 Å². The molecular weight excluding hydrogens is 669 g/mol. The number of aliphatic hydroxyl groups is 1. The molecule has 0 spiro atoms. The predicted molar refractivity (Wildman–Crippen MR) is 187 cm³/mol. The Bertz CT molecular complexity index is 1260. The fourth-order valence-electron chi connectivity index (χ4n) is 5.79. The van der Waals surface area contributed by atoms with E-state index in [2.05, 4.69) is 17.6 Å². The Morgan fingerprint density at radius 2 is 1.33 bits per heavy atom. The largest absolute Gasteiger partial charge is 0.416 e.